The van der Waals surface area contributed by atoms with Crippen LogP contribution >= 0.6 is 0 Å². The van der Waals surface area contributed by atoms with Crippen molar-refractivity contribution in [3.05, 3.63) is 58.0 Å². The molecule has 0 aliphatic rings. The largest absolute Gasteiger partial charge is 0.347 e. The zero-order valence-electron chi connectivity index (χ0n) is 8.49. The molecule has 1 aromatic carbocycles. The Kier molecular flexibility index (Phi) is 2.86. The molecule has 1 heterocycles. The van der Waals surface area contributed by atoms with Crippen LogP contribution < -0.4 is 10.9 Å². The minimum atomic E-state index is -0.315. The summed E-state index contributed by atoms with van der Waals surface area (Å²) in [5.41, 5.74) is 0.930. The third-order valence-corrected chi connectivity index (χ3v) is 2.14. The summed E-state index contributed by atoms with van der Waals surface area (Å²) in [6, 6.07) is 10.8. The Hall–Kier alpha value is -2.30. The van der Waals surface area contributed by atoms with Crippen LogP contribution in [0.25, 0.3) is 0 Å². The van der Waals surface area contributed by atoms with E-state index in [2.05, 4.69) is 15.5 Å². The highest BCUT2D eigenvalue weighted by Crippen LogP contribution is 1.98. The second kappa shape index (κ2) is 4.48. The van der Waals surface area contributed by atoms with Gasteiger partial charge in [0.15, 0.2) is 0 Å². The summed E-state index contributed by atoms with van der Waals surface area (Å²) in [7, 11) is 0. The number of carbonyl (C=O) groups excluding carboxylic acids is 1. The number of aromatic amines is 2. The lowest BCUT2D eigenvalue weighted by molar-refractivity contribution is 0.0946. The summed E-state index contributed by atoms with van der Waals surface area (Å²) in [6.45, 7) is 0.437. The molecule has 0 atom stereocenters. The molecule has 2 rings (SSSR count). The molecule has 82 valence electrons. The normalized spacial score (nSPS) is 10.0. The lowest BCUT2D eigenvalue weighted by atomic mass is 10.2. The topological polar surface area (TPSA) is 77.8 Å². The van der Waals surface area contributed by atoms with E-state index in [4.69, 9.17) is 0 Å². The number of amides is 1. The zero-order chi connectivity index (χ0) is 11.4. The van der Waals surface area contributed by atoms with E-state index >= 15 is 0 Å². The Balaban J connectivity index is 1.97. The number of benzene rings is 1. The van der Waals surface area contributed by atoms with Crippen LogP contribution in [0.15, 0.2) is 41.2 Å². The van der Waals surface area contributed by atoms with Gasteiger partial charge in [-0.15, -0.1) is 0 Å². The molecule has 0 bridgehead atoms. The predicted octanol–water partition coefficient (Wildman–Crippen LogP) is 0.633. The van der Waals surface area contributed by atoms with Crippen LogP contribution in [0.5, 0.6) is 0 Å². The number of H-pyrrole nitrogens is 2. The molecule has 0 unspecified atom stereocenters. The Labute approximate surface area is 91.5 Å². The first-order chi connectivity index (χ1) is 7.75. The van der Waals surface area contributed by atoms with E-state index in [1.165, 1.54) is 6.07 Å². The highest BCUT2D eigenvalue weighted by Gasteiger charge is 2.06. The summed E-state index contributed by atoms with van der Waals surface area (Å²) in [6.07, 6.45) is 0. The molecule has 0 spiro atoms. The van der Waals surface area contributed by atoms with Gasteiger partial charge in [-0.2, -0.15) is 0 Å². The van der Waals surface area contributed by atoms with Crippen molar-refractivity contribution in [1.29, 1.82) is 0 Å². The minimum absolute atomic E-state index is 0.237. The summed E-state index contributed by atoms with van der Waals surface area (Å²) in [4.78, 5) is 22.3. The van der Waals surface area contributed by atoms with Gasteiger partial charge >= 0.3 is 0 Å². The third-order valence-electron chi connectivity index (χ3n) is 2.14. The molecule has 1 aromatic heterocycles. The highest BCUT2D eigenvalue weighted by atomic mass is 16.2. The lowest BCUT2D eigenvalue weighted by Crippen LogP contribution is -2.23. The van der Waals surface area contributed by atoms with Crippen LogP contribution in [0.3, 0.4) is 0 Å². The summed E-state index contributed by atoms with van der Waals surface area (Å²) >= 11 is 0. The first kappa shape index (κ1) is 10.2. The van der Waals surface area contributed by atoms with Crippen LogP contribution in [-0.2, 0) is 6.54 Å². The van der Waals surface area contributed by atoms with E-state index < -0.39 is 0 Å². The van der Waals surface area contributed by atoms with Gasteiger partial charge in [-0.3, -0.25) is 19.8 Å². The molecule has 0 saturated carbocycles. The third kappa shape index (κ3) is 2.38. The maximum Gasteiger partial charge on any atom is 0.269 e. The van der Waals surface area contributed by atoms with Crippen molar-refractivity contribution in [3.63, 3.8) is 0 Å². The molecule has 2 aromatic rings. The Morgan fingerprint density at radius 1 is 1.19 bits per heavy atom. The fourth-order valence-electron chi connectivity index (χ4n) is 1.33. The number of hydrogen-bond acceptors (Lipinski definition) is 2. The van der Waals surface area contributed by atoms with Gasteiger partial charge < -0.3 is 5.32 Å². The minimum Gasteiger partial charge on any atom is -0.347 e. The Morgan fingerprint density at radius 3 is 2.56 bits per heavy atom. The smallest absolute Gasteiger partial charge is 0.269 e. The first-order valence-electron chi connectivity index (χ1n) is 4.85. The van der Waals surface area contributed by atoms with Crippen LogP contribution in [0, 0.1) is 0 Å². The van der Waals surface area contributed by atoms with Crippen molar-refractivity contribution in [2.24, 2.45) is 0 Å². The van der Waals surface area contributed by atoms with Crippen molar-refractivity contribution >= 4 is 5.91 Å². The average Bonchev–Trinajstić information content (AvgIpc) is 2.74. The van der Waals surface area contributed by atoms with Crippen molar-refractivity contribution in [2.45, 2.75) is 6.54 Å². The van der Waals surface area contributed by atoms with E-state index in [-0.39, 0.29) is 17.2 Å². The van der Waals surface area contributed by atoms with Gasteiger partial charge in [-0.05, 0) is 5.56 Å². The molecule has 3 N–H and O–H groups in total. The van der Waals surface area contributed by atoms with Crippen molar-refractivity contribution in [1.82, 2.24) is 15.5 Å². The van der Waals surface area contributed by atoms with Crippen LogP contribution in [0.1, 0.15) is 16.1 Å². The molecule has 0 fully saturated rings. The first-order valence-corrected chi connectivity index (χ1v) is 4.85. The van der Waals surface area contributed by atoms with Gasteiger partial charge in [0.1, 0.15) is 5.69 Å². The molecular formula is C11H11N3O2. The number of aromatic nitrogens is 2. The maximum atomic E-state index is 11.5. The lowest BCUT2D eigenvalue weighted by Gasteiger charge is -2.02. The van der Waals surface area contributed by atoms with Gasteiger partial charge in [-0.25, -0.2) is 0 Å². The maximum absolute atomic E-state index is 11.5. The fourth-order valence-corrected chi connectivity index (χ4v) is 1.33. The van der Waals surface area contributed by atoms with Crippen molar-refractivity contribution in [2.75, 3.05) is 0 Å². The Morgan fingerprint density at radius 2 is 1.94 bits per heavy atom. The molecule has 5 heteroatoms. The second-order valence-electron chi connectivity index (χ2n) is 3.34. The second-order valence-corrected chi connectivity index (χ2v) is 3.34. The molecule has 0 aliphatic carbocycles. The van der Waals surface area contributed by atoms with Gasteiger partial charge in [0.25, 0.3) is 11.5 Å². The van der Waals surface area contributed by atoms with Crippen molar-refractivity contribution in [3.8, 4) is 0 Å². The van der Waals surface area contributed by atoms with Gasteiger partial charge in [0, 0.05) is 12.6 Å². The molecule has 1 amide bonds. The van der Waals surface area contributed by atoms with Gasteiger partial charge in [0.2, 0.25) is 0 Å². The number of nitrogens with one attached hydrogen (secondary N) is 3. The zero-order valence-corrected chi connectivity index (χ0v) is 8.49. The fraction of sp³-hybridized carbons (Fsp3) is 0.0909. The number of rotatable bonds is 3. The number of hydrogen-bond donors (Lipinski definition) is 3. The van der Waals surface area contributed by atoms with Crippen LogP contribution in [0.4, 0.5) is 0 Å². The van der Waals surface area contributed by atoms with E-state index in [1.54, 1.807) is 0 Å². The van der Waals surface area contributed by atoms with Gasteiger partial charge in [-0.1, -0.05) is 30.3 Å². The number of carbonyl (C=O) groups is 1. The molecule has 0 saturated heterocycles. The quantitative estimate of drug-likeness (QED) is 0.705. The molecule has 0 radical (unpaired) electrons. The predicted molar refractivity (Wildman–Crippen MR) is 59.0 cm³/mol. The van der Waals surface area contributed by atoms with Crippen LogP contribution in [0.2, 0.25) is 0 Å². The summed E-state index contributed by atoms with van der Waals surface area (Å²) in [5, 5.41) is 7.50. The van der Waals surface area contributed by atoms with Gasteiger partial charge in [0.05, 0.1) is 0 Å². The molecular weight excluding hydrogens is 206 g/mol. The van der Waals surface area contributed by atoms with E-state index in [0.717, 1.165) is 5.56 Å². The monoisotopic (exact) mass is 217 g/mol. The van der Waals surface area contributed by atoms with E-state index in [9.17, 15) is 9.59 Å². The highest BCUT2D eigenvalue weighted by molar-refractivity contribution is 5.91. The van der Waals surface area contributed by atoms with Crippen LogP contribution in [-0.4, -0.2) is 16.1 Å². The SMILES string of the molecule is O=C(NCc1ccccc1)c1cc(=O)[nH][nH]1. The molecule has 0 aliphatic heterocycles. The average molecular weight is 217 g/mol. The molecule has 5 nitrogen and oxygen atoms in total. The summed E-state index contributed by atoms with van der Waals surface area (Å²) in [5.74, 6) is -0.304. The summed E-state index contributed by atoms with van der Waals surface area (Å²) < 4.78 is 0. The molecule has 16 heavy (non-hydrogen) atoms. The van der Waals surface area contributed by atoms with E-state index in [1.807, 2.05) is 30.3 Å². The van der Waals surface area contributed by atoms with Crippen molar-refractivity contribution < 1.29 is 4.79 Å². The van der Waals surface area contributed by atoms with E-state index in [0.29, 0.717) is 6.54 Å². The Bertz CT molecular complexity index is 527. The standard InChI is InChI=1S/C11H11N3O2/c15-10-6-9(13-14-10)11(16)12-7-8-4-2-1-3-5-8/h1-6H,7H2,(H,12,16)(H2,13,14,15).